The minimum atomic E-state index is -0.382. The van der Waals surface area contributed by atoms with Crippen LogP contribution < -0.4 is 11.0 Å². The monoisotopic (exact) mass is 441 g/mol. The number of hydrogen-bond donors (Lipinski definition) is 0. The standard InChI is InChI=1S/C26H20ClN3O2/c1-16(17-10-4-3-5-11-17)30-24(18-12-6-8-14-20(18)27)28-25-22(26(30)32)23(31)19-13-7-9-15-21(19)29(25)2/h3-16H,1-2H3/t16-/m0/s1. The average molecular weight is 442 g/mol. The lowest BCUT2D eigenvalue weighted by Crippen LogP contribution is -2.31. The lowest BCUT2D eigenvalue weighted by molar-refractivity contribution is 0.615. The Morgan fingerprint density at radius 1 is 0.875 bits per heavy atom. The van der Waals surface area contributed by atoms with Crippen molar-refractivity contribution in [1.82, 2.24) is 14.1 Å². The van der Waals surface area contributed by atoms with Gasteiger partial charge in [0, 0.05) is 18.0 Å². The molecule has 0 amide bonds. The predicted molar refractivity (Wildman–Crippen MR) is 129 cm³/mol. The van der Waals surface area contributed by atoms with Gasteiger partial charge in [0.2, 0.25) is 5.43 Å². The third kappa shape index (κ3) is 3.05. The number of aryl methyl sites for hydroxylation is 1. The highest BCUT2D eigenvalue weighted by Gasteiger charge is 2.23. The van der Waals surface area contributed by atoms with Crippen LogP contribution in [0.15, 0.2) is 88.5 Å². The van der Waals surface area contributed by atoms with E-state index in [-0.39, 0.29) is 22.4 Å². The summed E-state index contributed by atoms with van der Waals surface area (Å²) in [7, 11) is 1.82. The molecule has 0 fully saturated rings. The molecule has 0 radical (unpaired) electrons. The SMILES string of the molecule is C[C@@H](c1ccccc1)n1c(-c2ccccc2Cl)nc2c(c(=O)c3ccccc3n2C)c1=O. The molecular formula is C26H20ClN3O2. The van der Waals surface area contributed by atoms with Gasteiger partial charge in [-0.3, -0.25) is 14.2 Å². The molecule has 0 unspecified atom stereocenters. The van der Waals surface area contributed by atoms with Gasteiger partial charge in [0.25, 0.3) is 5.56 Å². The van der Waals surface area contributed by atoms with E-state index in [1.165, 1.54) is 0 Å². The van der Waals surface area contributed by atoms with E-state index < -0.39 is 0 Å². The van der Waals surface area contributed by atoms with E-state index in [0.717, 1.165) is 11.1 Å². The normalized spacial score (nSPS) is 12.3. The van der Waals surface area contributed by atoms with Crippen LogP contribution in [0, 0.1) is 0 Å². The summed E-state index contributed by atoms with van der Waals surface area (Å²) >= 11 is 6.53. The number of hydrogen-bond acceptors (Lipinski definition) is 3. The van der Waals surface area contributed by atoms with Crippen molar-refractivity contribution in [2.45, 2.75) is 13.0 Å². The lowest BCUT2D eigenvalue weighted by atomic mass is 10.1. The Labute approximate surface area is 189 Å². The summed E-state index contributed by atoms with van der Waals surface area (Å²) < 4.78 is 3.38. The van der Waals surface area contributed by atoms with Gasteiger partial charge in [-0.1, -0.05) is 66.2 Å². The number of rotatable bonds is 3. The molecule has 6 heteroatoms. The molecule has 0 bridgehead atoms. The molecule has 5 rings (SSSR count). The first-order chi connectivity index (χ1) is 15.5. The Bertz CT molecular complexity index is 1600. The quantitative estimate of drug-likeness (QED) is 0.362. The van der Waals surface area contributed by atoms with Crippen molar-refractivity contribution in [3.63, 3.8) is 0 Å². The molecular weight excluding hydrogens is 422 g/mol. The van der Waals surface area contributed by atoms with Crippen LogP contribution in [0.5, 0.6) is 0 Å². The molecule has 1 atom stereocenters. The van der Waals surface area contributed by atoms with Gasteiger partial charge in [0.1, 0.15) is 11.2 Å². The molecule has 0 aliphatic rings. The van der Waals surface area contributed by atoms with Gasteiger partial charge in [-0.15, -0.1) is 0 Å². The summed E-state index contributed by atoms with van der Waals surface area (Å²) in [6.45, 7) is 1.93. The van der Waals surface area contributed by atoms with Crippen LogP contribution in [-0.4, -0.2) is 14.1 Å². The first-order valence-corrected chi connectivity index (χ1v) is 10.7. The van der Waals surface area contributed by atoms with Crippen molar-refractivity contribution in [2.75, 3.05) is 0 Å². The topological polar surface area (TPSA) is 56.9 Å². The average Bonchev–Trinajstić information content (AvgIpc) is 2.82. The van der Waals surface area contributed by atoms with Gasteiger partial charge < -0.3 is 4.57 Å². The van der Waals surface area contributed by atoms with E-state index in [9.17, 15) is 9.59 Å². The van der Waals surface area contributed by atoms with Crippen LogP contribution in [0.3, 0.4) is 0 Å². The maximum atomic E-state index is 13.9. The summed E-state index contributed by atoms with van der Waals surface area (Å²) in [5.41, 5.74) is 1.93. The number of aromatic nitrogens is 3. The van der Waals surface area contributed by atoms with Crippen LogP contribution in [0.2, 0.25) is 5.02 Å². The third-order valence-corrected chi connectivity index (χ3v) is 6.26. The number of halogens is 1. The van der Waals surface area contributed by atoms with Crippen LogP contribution >= 0.6 is 11.6 Å². The van der Waals surface area contributed by atoms with Crippen LogP contribution in [0.25, 0.3) is 33.3 Å². The van der Waals surface area contributed by atoms with E-state index in [4.69, 9.17) is 16.6 Å². The molecule has 2 aromatic heterocycles. The van der Waals surface area contributed by atoms with Gasteiger partial charge in [0.05, 0.1) is 16.6 Å². The third-order valence-electron chi connectivity index (χ3n) is 5.94. The predicted octanol–water partition coefficient (Wildman–Crippen LogP) is 5.18. The molecule has 0 saturated carbocycles. The molecule has 5 nitrogen and oxygen atoms in total. The molecule has 32 heavy (non-hydrogen) atoms. The van der Waals surface area contributed by atoms with Gasteiger partial charge in [0.15, 0.2) is 5.65 Å². The first-order valence-electron chi connectivity index (χ1n) is 10.3. The van der Waals surface area contributed by atoms with Crippen molar-refractivity contribution in [2.24, 2.45) is 7.05 Å². The molecule has 0 aliphatic carbocycles. The van der Waals surface area contributed by atoms with Gasteiger partial charge >= 0.3 is 0 Å². The minimum Gasteiger partial charge on any atom is -0.328 e. The zero-order chi connectivity index (χ0) is 22.4. The van der Waals surface area contributed by atoms with Crippen molar-refractivity contribution in [3.05, 3.63) is 110 Å². The molecule has 5 aromatic rings. The maximum Gasteiger partial charge on any atom is 0.267 e. The van der Waals surface area contributed by atoms with Crippen molar-refractivity contribution in [3.8, 4) is 11.4 Å². The first kappa shape index (κ1) is 20.2. The van der Waals surface area contributed by atoms with Crippen molar-refractivity contribution >= 4 is 33.5 Å². The molecule has 3 aromatic carbocycles. The fourth-order valence-corrected chi connectivity index (χ4v) is 4.46. The molecule has 0 spiro atoms. The number of fused-ring (bicyclic) bond motifs is 2. The fourth-order valence-electron chi connectivity index (χ4n) is 4.24. The highest BCUT2D eigenvalue weighted by Crippen LogP contribution is 2.30. The Morgan fingerprint density at radius 2 is 1.53 bits per heavy atom. The highest BCUT2D eigenvalue weighted by atomic mass is 35.5. The van der Waals surface area contributed by atoms with Crippen molar-refractivity contribution in [1.29, 1.82) is 0 Å². The number of nitrogens with zero attached hydrogens (tertiary/aromatic N) is 3. The summed E-state index contributed by atoms with van der Waals surface area (Å²) in [5.74, 6) is 0.426. The smallest absolute Gasteiger partial charge is 0.267 e. The Balaban J connectivity index is 1.98. The number of para-hydroxylation sites is 1. The summed E-state index contributed by atoms with van der Waals surface area (Å²) in [6, 6.07) is 23.9. The van der Waals surface area contributed by atoms with E-state index in [0.29, 0.717) is 27.4 Å². The Morgan fingerprint density at radius 3 is 2.28 bits per heavy atom. The van der Waals surface area contributed by atoms with Crippen LogP contribution in [-0.2, 0) is 7.05 Å². The second-order valence-electron chi connectivity index (χ2n) is 7.78. The van der Waals surface area contributed by atoms with E-state index in [1.54, 1.807) is 27.3 Å². The highest BCUT2D eigenvalue weighted by molar-refractivity contribution is 6.33. The van der Waals surface area contributed by atoms with E-state index in [2.05, 4.69) is 0 Å². The zero-order valence-electron chi connectivity index (χ0n) is 17.6. The summed E-state index contributed by atoms with van der Waals surface area (Å²) in [6.07, 6.45) is 0. The minimum absolute atomic E-state index is 0.0739. The largest absolute Gasteiger partial charge is 0.328 e. The lowest BCUT2D eigenvalue weighted by Gasteiger charge is -2.22. The van der Waals surface area contributed by atoms with Gasteiger partial charge in [-0.2, -0.15) is 0 Å². The summed E-state index contributed by atoms with van der Waals surface area (Å²) in [5, 5.41) is 1.05. The fraction of sp³-hybridized carbons (Fsp3) is 0.115. The molecule has 0 aliphatic heterocycles. The second-order valence-corrected chi connectivity index (χ2v) is 8.19. The van der Waals surface area contributed by atoms with Gasteiger partial charge in [-0.05, 0) is 36.8 Å². The molecule has 158 valence electrons. The van der Waals surface area contributed by atoms with Crippen LogP contribution in [0.1, 0.15) is 18.5 Å². The van der Waals surface area contributed by atoms with E-state index >= 15 is 0 Å². The molecule has 0 saturated heterocycles. The van der Waals surface area contributed by atoms with E-state index in [1.807, 2.05) is 74.6 Å². The maximum absolute atomic E-state index is 13.9. The summed E-state index contributed by atoms with van der Waals surface area (Å²) in [4.78, 5) is 32.2. The van der Waals surface area contributed by atoms with Gasteiger partial charge in [-0.25, -0.2) is 4.98 Å². The Hall–Kier alpha value is -3.70. The number of pyridine rings is 1. The molecule has 0 N–H and O–H groups in total. The molecule has 2 heterocycles. The number of benzene rings is 3. The second kappa shape index (κ2) is 7.77. The van der Waals surface area contributed by atoms with Crippen molar-refractivity contribution < 1.29 is 0 Å². The Kier molecular flexibility index (Phi) is 4.91. The zero-order valence-corrected chi connectivity index (χ0v) is 18.4. The van der Waals surface area contributed by atoms with Crippen LogP contribution in [0.4, 0.5) is 0 Å².